The molecule has 3 heteroatoms. The molecule has 0 fully saturated rings. The van der Waals surface area contributed by atoms with Gasteiger partial charge < -0.3 is 15.2 Å². The SMILES string of the molecule is C=C(CN)COc1ccc(OC)cc1. The Morgan fingerprint density at radius 1 is 1.29 bits per heavy atom. The summed E-state index contributed by atoms with van der Waals surface area (Å²) >= 11 is 0. The van der Waals surface area contributed by atoms with Crippen LogP contribution >= 0.6 is 0 Å². The Kier molecular flexibility index (Phi) is 4.01. The van der Waals surface area contributed by atoms with Crippen molar-refractivity contribution in [3.63, 3.8) is 0 Å². The van der Waals surface area contributed by atoms with Crippen molar-refractivity contribution in [1.82, 2.24) is 0 Å². The van der Waals surface area contributed by atoms with E-state index in [9.17, 15) is 0 Å². The van der Waals surface area contributed by atoms with E-state index >= 15 is 0 Å². The number of hydrogen-bond donors (Lipinski definition) is 1. The van der Waals surface area contributed by atoms with Gasteiger partial charge in [-0.3, -0.25) is 0 Å². The minimum Gasteiger partial charge on any atom is -0.497 e. The zero-order chi connectivity index (χ0) is 10.4. The average molecular weight is 193 g/mol. The molecule has 0 aliphatic rings. The zero-order valence-corrected chi connectivity index (χ0v) is 8.32. The van der Waals surface area contributed by atoms with E-state index in [-0.39, 0.29) is 0 Å². The van der Waals surface area contributed by atoms with Crippen molar-refractivity contribution in [2.75, 3.05) is 20.3 Å². The van der Waals surface area contributed by atoms with Crippen LogP contribution in [0.5, 0.6) is 11.5 Å². The maximum absolute atomic E-state index is 5.42. The van der Waals surface area contributed by atoms with E-state index in [1.807, 2.05) is 24.3 Å². The Bertz CT molecular complexity index is 293. The summed E-state index contributed by atoms with van der Waals surface area (Å²) in [5.41, 5.74) is 6.26. The van der Waals surface area contributed by atoms with Crippen LogP contribution in [0.2, 0.25) is 0 Å². The van der Waals surface area contributed by atoms with Crippen molar-refractivity contribution in [2.24, 2.45) is 5.73 Å². The van der Waals surface area contributed by atoms with Crippen molar-refractivity contribution >= 4 is 0 Å². The molecule has 3 nitrogen and oxygen atoms in total. The molecule has 0 unspecified atom stereocenters. The van der Waals surface area contributed by atoms with Crippen LogP contribution < -0.4 is 15.2 Å². The van der Waals surface area contributed by atoms with Crippen molar-refractivity contribution in [2.45, 2.75) is 0 Å². The molecular formula is C11H15NO2. The van der Waals surface area contributed by atoms with Crippen LogP contribution in [-0.4, -0.2) is 20.3 Å². The molecule has 76 valence electrons. The maximum atomic E-state index is 5.42. The van der Waals surface area contributed by atoms with Crippen molar-refractivity contribution in [1.29, 1.82) is 0 Å². The highest BCUT2D eigenvalue weighted by atomic mass is 16.5. The lowest BCUT2D eigenvalue weighted by Gasteiger charge is -2.07. The number of hydrogen-bond acceptors (Lipinski definition) is 3. The molecule has 0 saturated carbocycles. The highest BCUT2D eigenvalue weighted by Gasteiger charge is 1.96. The minimum absolute atomic E-state index is 0.455. The molecule has 0 amide bonds. The van der Waals surface area contributed by atoms with E-state index < -0.39 is 0 Å². The Morgan fingerprint density at radius 2 is 1.86 bits per heavy atom. The summed E-state index contributed by atoms with van der Waals surface area (Å²) < 4.78 is 10.4. The molecule has 0 aromatic heterocycles. The van der Waals surface area contributed by atoms with E-state index in [1.54, 1.807) is 7.11 Å². The molecule has 0 aliphatic heterocycles. The molecule has 0 bridgehead atoms. The number of rotatable bonds is 5. The molecule has 0 heterocycles. The first-order valence-electron chi connectivity index (χ1n) is 4.40. The standard InChI is InChI=1S/C11H15NO2/c1-9(7-12)8-14-11-5-3-10(13-2)4-6-11/h3-6H,1,7-8,12H2,2H3. The molecule has 1 aromatic carbocycles. The molecule has 1 aromatic rings. The lowest BCUT2D eigenvalue weighted by molar-refractivity contribution is 0.349. The molecule has 14 heavy (non-hydrogen) atoms. The van der Waals surface area contributed by atoms with Gasteiger partial charge >= 0.3 is 0 Å². The van der Waals surface area contributed by atoms with Crippen LogP contribution in [0.25, 0.3) is 0 Å². The largest absolute Gasteiger partial charge is 0.497 e. The number of benzene rings is 1. The molecule has 0 atom stereocenters. The molecule has 1 rings (SSSR count). The van der Waals surface area contributed by atoms with Gasteiger partial charge in [0.1, 0.15) is 18.1 Å². The smallest absolute Gasteiger partial charge is 0.120 e. The van der Waals surface area contributed by atoms with Gasteiger partial charge in [0, 0.05) is 6.54 Å². The second kappa shape index (κ2) is 5.29. The Balaban J connectivity index is 2.47. The summed E-state index contributed by atoms with van der Waals surface area (Å²) in [7, 11) is 1.63. The summed E-state index contributed by atoms with van der Waals surface area (Å²) in [4.78, 5) is 0. The fourth-order valence-corrected chi connectivity index (χ4v) is 0.916. The van der Waals surface area contributed by atoms with Crippen molar-refractivity contribution in [3.05, 3.63) is 36.4 Å². The van der Waals surface area contributed by atoms with Crippen molar-refractivity contribution < 1.29 is 9.47 Å². The van der Waals surface area contributed by atoms with Crippen LogP contribution in [-0.2, 0) is 0 Å². The van der Waals surface area contributed by atoms with Gasteiger partial charge in [-0.1, -0.05) is 6.58 Å². The Hall–Kier alpha value is -1.48. The molecule has 2 N–H and O–H groups in total. The third-order valence-electron chi connectivity index (χ3n) is 1.79. The first kappa shape index (κ1) is 10.6. The summed E-state index contributed by atoms with van der Waals surface area (Å²) in [5.74, 6) is 1.61. The lowest BCUT2D eigenvalue weighted by atomic mass is 10.3. The summed E-state index contributed by atoms with van der Waals surface area (Å²) in [6.07, 6.45) is 0. The normalized spacial score (nSPS) is 9.57. The molecule has 0 aliphatic carbocycles. The summed E-state index contributed by atoms with van der Waals surface area (Å²) in [6.45, 7) is 4.66. The molecule has 0 radical (unpaired) electrons. The molecular weight excluding hydrogens is 178 g/mol. The first-order chi connectivity index (χ1) is 6.76. The summed E-state index contributed by atoms with van der Waals surface area (Å²) in [5, 5.41) is 0. The predicted molar refractivity (Wildman–Crippen MR) is 56.7 cm³/mol. The quantitative estimate of drug-likeness (QED) is 0.722. The highest BCUT2D eigenvalue weighted by molar-refractivity contribution is 5.31. The van der Waals surface area contributed by atoms with E-state index in [4.69, 9.17) is 15.2 Å². The van der Waals surface area contributed by atoms with E-state index in [2.05, 4.69) is 6.58 Å². The van der Waals surface area contributed by atoms with Crippen LogP contribution in [0.15, 0.2) is 36.4 Å². The van der Waals surface area contributed by atoms with Gasteiger partial charge in [-0.05, 0) is 29.8 Å². The fraction of sp³-hybridized carbons (Fsp3) is 0.273. The van der Waals surface area contributed by atoms with E-state index in [0.717, 1.165) is 17.1 Å². The number of nitrogens with two attached hydrogens (primary N) is 1. The van der Waals surface area contributed by atoms with Gasteiger partial charge in [-0.25, -0.2) is 0 Å². The average Bonchev–Trinajstić information content (AvgIpc) is 2.26. The third kappa shape index (κ3) is 3.11. The van der Waals surface area contributed by atoms with Gasteiger partial charge in [0.15, 0.2) is 0 Å². The monoisotopic (exact) mass is 193 g/mol. The fourth-order valence-electron chi connectivity index (χ4n) is 0.916. The van der Waals surface area contributed by atoms with Gasteiger partial charge in [-0.15, -0.1) is 0 Å². The van der Waals surface area contributed by atoms with E-state index in [0.29, 0.717) is 13.2 Å². The van der Waals surface area contributed by atoms with Crippen molar-refractivity contribution in [3.8, 4) is 11.5 Å². The van der Waals surface area contributed by atoms with Crippen LogP contribution in [0.1, 0.15) is 0 Å². The third-order valence-corrected chi connectivity index (χ3v) is 1.79. The van der Waals surface area contributed by atoms with Gasteiger partial charge in [0.05, 0.1) is 7.11 Å². The topological polar surface area (TPSA) is 44.5 Å². The molecule has 0 spiro atoms. The second-order valence-electron chi connectivity index (χ2n) is 2.92. The van der Waals surface area contributed by atoms with Gasteiger partial charge in [0.2, 0.25) is 0 Å². The summed E-state index contributed by atoms with van der Waals surface area (Å²) in [6, 6.07) is 7.40. The van der Waals surface area contributed by atoms with Crippen LogP contribution in [0.4, 0.5) is 0 Å². The highest BCUT2D eigenvalue weighted by Crippen LogP contribution is 2.17. The zero-order valence-electron chi connectivity index (χ0n) is 8.32. The Labute approximate surface area is 84.1 Å². The van der Waals surface area contributed by atoms with Crippen LogP contribution in [0, 0.1) is 0 Å². The predicted octanol–water partition coefficient (Wildman–Crippen LogP) is 1.59. The minimum atomic E-state index is 0.455. The Morgan fingerprint density at radius 3 is 2.36 bits per heavy atom. The maximum Gasteiger partial charge on any atom is 0.120 e. The van der Waals surface area contributed by atoms with Crippen LogP contribution in [0.3, 0.4) is 0 Å². The van der Waals surface area contributed by atoms with Gasteiger partial charge in [-0.2, -0.15) is 0 Å². The molecule has 0 saturated heterocycles. The lowest BCUT2D eigenvalue weighted by Crippen LogP contribution is -2.09. The number of ether oxygens (including phenoxy) is 2. The first-order valence-corrected chi connectivity index (χ1v) is 4.40. The van der Waals surface area contributed by atoms with Gasteiger partial charge in [0.25, 0.3) is 0 Å². The van der Waals surface area contributed by atoms with E-state index in [1.165, 1.54) is 0 Å². The number of methoxy groups -OCH3 is 1. The second-order valence-corrected chi connectivity index (χ2v) is 2.92.